The Labute approximate surface area is 185 Å². The zero-order valence-electron chi connectivity index (χ0n) is 16.7. The van der Waals surface area contributed by atoms with Crippen LogP contribution >= 0.6 is 24.0 Å². The highest BCUT2D eigenvalue weighted by Gasteiger charge is 2.23. The molecule has 28 heavy (non-hydrogen) atoms. The Hall–Kier alpha value is -1.96. The third-order valence-electron chi connectivity index (χ3n) is 4.85. The summed E-state index contributed by atoms with van der Waals surface area (Å²) in [6.45, 7) is 7.77. The van der Waals surface area contributed by atoms with E-state index in [9.17, 15) is 5.11 Å². The summed E-state index contributed by atoms with van der Waals surface area (Å²) in [5, 5.41) is 16.5. The van der Waals surface area contributed by atoms with Crippen LogP contribution in [0.15, 0.2) is 53.5 Å². The number of guanidine groups is 1. The Morgan fingerprint density at radius 3 is 2.71 bits per heavy atom. The maximum absolute atomic E-state index is 9.56. The zero-order valence-corrected chi connectivity index (χ0v) is 19.0. The van der Waals surface area contributed by atoms with E-state index in [1.165, 1.54) is 11.3 Å². The summed E-state index contributed by atoms with van der Waals surface area (Å²) in [5.74, 6) is 1.18. The molecule has 5 nitrogen and oxygen atoms in total. The fraction of sp³-hybridized carbons (Fsp3) is 0.409. The fourth-order valence-electron chi connectivity index (χ4n) is 3.39. The maximum Gasteiger partial charge on any atom is 0.191 e. The van der Waals surface area contributed by atoms with Crippen LogP contribution in [0.2, 0.25) is 0 Å². The summed E-state index contributed by atoms with van der Waals surface area (Å²) in [4.78, 5) is 7.13. The minimum atomic E-state index is 0. The number of halogens is 1. The predicted molar refractivity (Wildman–Crippen MR) is 128 cm³/mol. The number of aromatic hydroxyl groups is 1. The van der Waals surface area contributed by atoms with Crippen molar-refractivity contribution in [3.8, 4) is 5.75 Å². The fourth-order valence-corrected chi connectivity index (χ4v) is 3.39. The monoisotopic (exact) mass is 494 g/mol. The average molecular weight is 494 g/mol. The van der Waals surface area contributed by atoms with Gasteiger partial charge >= 0.3 is 0 Å². The summed E-state index contributed by atoms with van der Waals surface area (Å²) < 4.78 is 0. The van der Waals surface area contributed by atoms with Crippen molar-refractivity contribution in [2.24, 2.45) is 4.99 Å². The van der Waals surface area contributed by atoms with Gasteiger partial charge in [0.05, 0.1) is 0 Å². The van der Waals surface area contributed by atoms with Gasteiger partial charge in [0.2, 0.25) is 0 Å². The van der Waals surface area contributed by atoms with Crippen LogP contribution in [0.1, 0.15) is 24.5 Å². The van der Waals surface area contributed by atoms with Crippen molar-refractivity contribution in [2.75, 3.05) is 31.1 Å². The molecule has 0 saturated carbocycles. The first-order valence-electron chi connectivity index (χ1n) is 9.78. The molecule has 1 aliphatic rings. The molecule has 3 N–H and O–H groups in total. The minimum Gasteiger partial charge on any atom is -0.508 e. The molecule has 1 unspecified atom stereocenters. The van der Waals surface area contributed by atoms with Crippen molar-refractivity contribution in [3.05, 3.63) is 59.7 Å². The molecule has 1 atom stereocenters. The summed E-state index contributed by atoms with van der Waals surface area (Å²) >= 11 is 0. The highest BCUT2D eigenvalue weighted by Crippen LogP contribution is 2.20. The molecule has 0 bridgehead atoms. The van der Waals surface area contributed by atoms with Gasteiger partial charge in [-0.1, -0.05) is 29.8 Å². The number of phenolic OH excluding ortho intramolecular Hbond substituents is 1. The molecule has 0 radical (unpaired) electrons. The van der Waals surface area contributed by atoms with Gasteiger partial charge in [-0.05, 0) is 56.5 Å². The molecule has 0 spiro atoms. The van der Waals surface area contributed by atoms with E-state index in [0.29, 0.717) is 18.3 Å². The molecule has 0 amide bonds. The number of phenols is 1. The standard InChI is InChI=1S/C22H30N4O.HI/c1-3-23-22(24-13-11-18-5-4-6-21(27)15-18)25-19-12-14-26(16-19)20-9-7-17(2)8-10-20;/h4-10,15,19,27H,3,11-14,16H2,1-2H3,(H2,23,24,25);1H. The first kappa shape index (κ1) is 22.3. The second-order valence-electron chi connectivity index (χ2n) is 7.09. The predicted octanol–water partition coefficient (Wildman–Crippen LogP) is 3.70. The number of nitrogens with zero attached hydrogens (tertiary/aromatic N) is 2. The lowest BCUT2D eigenvalue weighted by atomic mass is 10.1. The molecule has 1 aliphatic heterocycles. The van der Waals surface area contributed by atoms with Crippen LogP contribution in [0.25, 0.3) is 0 Å². The molecule has 3 rings (SSSR count). The van der Waals surface area contributed by atoms with Gasteiger partial charge in [0.1, 0.15) is 5.75 Å². The number of benzene rings is 2. The molecule has 0 aliphatic carbocycles. The van der Waals surface area contributed by atoms with E-state index in [-0.39, 0.29) is 24.0 Å². The van der Waals surface area contributed by atoms with Crippen LogP contribution in [-0.2, 0) is 6.42 Å². The van der Waals surface area contributed by atoms with E-state index < -0.39 is 0 Å². The number of nitrogens with one attached hydrogen (secondary N) is 2. The summed E-state index contributed by atoms with van der Waals surface area (Å²) in [7, 11) is 0. The smallest absolute Gasteiger partial charge is 0.191 e. The highest BCUT2D eigenvalue weighted by molar-refractivity contribution is 14.0. The lowest BCUT2D eigenvalue weighted by Gasteiger charge is -2.20. The average Bonchev–Trinajstić information content (AvgIpc) is 3.11. The lowest BCUT2D eigenvalue weighted by molar-refractivity contribution is 0.474. The maximum atomic E-state index is 9.56. The molecular weight excluding hydrogens is 463 g/mol. The van der Waals surface area contributed by atoms with Crippen molar-refractivity contribution in [1.82, 2.24) is 10.6 Å². The van der Waals surface area contributed by atoms with Crippen LogP contribution in [0.3, 0.4) is 0 Å². The lowest BCUT2D eigenvalue weighted by Crippen LogP contribution is -2.44. The third kappa shape index (κ3) is 6.58. The number of aliphatic imine (C=N–C) groups is 1. The summed E-state index contributed by atoms with van der Waals surface area (Å²) in [6.07, 6.45) is 1.91. The largest absolute Gasteiger partial charge is 0.508 e. The Balaban J connectivity index is 0.00000280. The number of aryl methyl sites for hydroxylation is 1. The van der Waals surface area contributed by atoms with Crippen LogP contribution in [-0.4, -0.2) is 43.3 Å². The molecule has 1 heterocycles. The van der Waals surface area contributed by atoms with Crippen LogP contribution < -0.4 is 15.5 Å². The van der Waals surface area contributed by atoms with E-state index in [1.54, 1.807) is 12.1 Å². The van der Waals surface area contributed by atoms with Crippen molar-refractivity contribution in [2.45, 2.75) is 32.7 Å². The molecule has 1 saturated heterocycles. The molecule has 2 aromatic carbocycles. The normalized spacial score (nSPS) is 16.6. The second-order valence-corrected chi connectivity index (χ2v) is 7.09. The Bertz CT molecular complexity index is 763. The van der Waals surface area contributed by atoms with Crippen molar-refractivity contribution < 1.29 is 5.11 Å². The van der Waals surface area contributed by atoms with Gasteiger partial charge in [0.25, 0.3) is 0 Å². The van der Waals surface area contributed by atoms with Gasteiger partial charge in [-0.15, -0.1) is 24.0 Å². The number of anilines is 1. The quantitative estimate of drug-likeness (QED) is 0.326. The topological polar surface area (TPSA) is 59.9 Å². The van der Waals surface area contributed by atoms with Gasteiger partial charge in [0.15, 0.2) is 5.96 Å². The van der Waals surface area contributed by atoms with E-state index >= 15 is 0 Å². The molecule has 2 aromatic rings. The van der Waals surface area contributed by atoms with E-state index in [4.69, 9.17) is 4.99 Å². The molecule has 1 fully saturated rings. The van der Waals surface area contributed by atoms with E-state index in [0.717, 1.165) is 44.0 Å². The van der Waals surface area contributed by atoms with Gasteiger partial charge in [-0.25, -0.2) is 0 Å². The number of hydrogen-bond acceptors (Lipinski definition) is 3. The summed E-state index contributed by atoms with van der Waals surface area (Å²) in [5.41, 5.74) is 3.68. The second kappa shape index (κ2) is 11.1. The summed E-state index contributed by atoms with van der Waals surface area (Å²) in [6, 6.07) is 16.5. The van der Waals surface area contributed by atoms with Crippen LogP contribution in [0, 0.1) is 6.92 Å². The zero-order chi connectivity index (χ0) is 19.1. The van der Waals surface area contributed by atoms with Gasteiger partial charge in [-0.3, -0.25) is 4.99 Å². The highest BCUT2D eigenvalue weighted by atomic mass is 127. The molecular formula is C22H31IN4O. The van der Waals surface area contributed by atoms with Gasteiger partial charge in [-0.2, -0.15) is 0 Å². The first-order chi connectivity index (χ1) is 13.1. The van der Waals surface area contributed by atoms with Gasteiger partial charge in [0, 0.05) is 37.9 Å². The molecule has 6 heteroatoms. The van der Waals surface area contributed by atoms with Crippen molar-refractivity contribution in [1.29, 1.82) is 0 Å². The Morgan fingerprint density at radius 1 is 1.21 bits per heavy atom. The van der Waals surface area contributed by atoms with Crippen molar-refractivity contribution >= 4 is 35.6 Å². The number of rotatable bonds is 6. The third-order valence-corrected chi connectivity index (χ3v) is 4.85. The van der Waals surface area contributed by atoms with Crippen LogP contribution in [0.4, 0.5) is 5.69 Å². The van der Waals surface area contributed by atoms with Gasteiger partial charge < -0.3 is 20.6 Å². The Morgan fingerprint density at radius 2 is 2.00 bits per heavy atom. The van der Waals surface area contributed by atoms with Crippen LogP contribution in [0.5, 0.6) is 5.75 Å². The van der Waals surface area contributed by atoms with E-state index in [1.807, 2.05) is 12.1 Å². The Kier molecular flexibility index (Phi) is 8.89. The van der Waals surface area contributed by atoms with E-state index in [2.05, 4.69) is 53.6 Å². The molecule has 152 valence electrons. The first-order valence-corrected chi connectivity index (χ1v) is 9.78. The SMILES string of the molecule is CCNC(=NCCc1cccc(O)c1)NC1CCN(c2ccc(C)cc2)C1.I. The number of hydrogen-bond donors (Lipinski definition) is 3. The van der Waals surface area contributed by atoms with Crippen molar-refractivity contribution in [3.63, 3.8) is 0 Å². The minimum absolute atomic E-state index is 0. The molecule has 0 aromatic heterocycles.